The summed E-state index contributed by atoms with van der Waals surface area (Å²) in [7, 11) is 2.72. The van der Waals surface area contributed by atoms with E-state index < -0.39 is 18.2 Å². The summed E-state index contributed by atoms with van der Waals surface area (Å²) in [5.41, 5.74) is 0.580. The molecule has 0 aliphatic rings. The van der Waals surface area contributed by atoms with Gasteiger partial charge in [-0.3, -0.25) is 0 Å². The average molecular weight is 452 g/mol. The van der Waals surface area contributed by atoms with Crippen LogP contribution < -0.4 is 9.47 Å². The number of alkyl halides is 2. The first-order chi connectivity index (χ1) is 15.0. The molecule has 31 heavy (non-hydrogen) atoms. The van der Waals surface area contributed by atoms with Gasteiger partial charge in [-0.15, -0.1) is 10.2 Å². The Kier molecular flexibility index (Phi) is 7.23. The van der Waals surface area contributed by atoms with E-state index >= 15 is 0 Å². The molecule has 0 saturated heterocycles. The second-order valence-electron chi connectivity index (χ2n) is 5.86. The Labute approximate surface area is 180 Å². The monoisotopic (exact) mass is 452 g/mol. The third-order valence-electron chi connectivity index (χ3n) is 3.94. The van der Waals surface area contributed by atoms with Crippen LogP contribution in [0.2, 0.25) is 0 Å². The first-order valence-electron chi connectivity index (χ1n) is 8.76. The van der Waals surface area contributed by atoms with Crippen molar-refractivity contribution in [3.05, 3.63) is 53.2 Å². The molecule has 2 aromatic heterocycles. The molecule has 0 atom stereocenters. The van der Waals surface area contributed by atoms with Crippen LogP contribution in [0.25, 0.3) is 0 Å². The molecule has 0 aliphatic heterocycles. The van der Waals surface area contributed by atoms with E-state index in [0.29, 0.717) is 22.8 Å². The quantitative estimate of drug-likeness (QED) is 0.275. The molecule has 0 saturated carbocycles. The van der Waals surface area contributed by atoms with Crippen LogP contribution in [-0.4, -0.2) is 47.5 Å². The van der Waals surface area contributed by atoms with E-state index in [1.54, 1.807) is 30.5 Å². The highest BCUT2D eigenvalue weighted by atomic mass is 32.2. The number of rotatable bonds is 9. The number of nitrogens with zero attached hydrogens (tertiary/aromatic N) is 4. The summed E-state index contributed by atoms with van der Waals surface area (Å²) in [4.78, 5) is 11.4. The Morgan fingerprint density at radius 1 is 1.26 bits per heavy atom. The number of furan rings is 1. The molecule has 2 heterocycles. The average Bonchev–Trinajstić information content (AvgIpc) is 3.42. The zero-order valence-electron chi connectivity index (χ0n) is 16.7. The molecule has 1 aromatic carbocycles. The molecule has 12 heteroatoms. The molecule has 0 radical (unpaired) electrons. The lowest BCUT2D eigenvalue weighted by Crippen LogP contribution is -2.01. The fourth-order valence-corrected chi connectivity index (χ4v) is 2.91. The minimum absolute atomic E-state index is 0.0519. The summed E-state index contributed by atoms with van der Waals surface area (Å²) in [6, 6.07) is 8.03. The van der Waals surface area contributed by atoms with Crippen molar-refractivity contribution in [3.63, 3.8) is 0 Å². The van der Waals surface area contributed by atoms with E-state index in [9.17, 15) is 13.6 Å². The predicted octanol–water partition coefficient (Wildman–Crippen LogP) is 3.79. The number of carbonyl (C=O) groups is 1. The molecule has 0 N–H and O–H groups in total. The van der Waals surface area contributed by atoms with E-state index in [4.69, 9.17) is 13.9 Å². The van der Waals surface area contributed by atoms with Gasteiger partial charge in [0.1, 0.15) is 12.4 Å². The van der Waals surface area contributed by atoms with Crippen molar-refractivity contribution in [2.24, 2.45) is 5.10 Å². The lowest BCUT2D eigenvalue weighted by molar-refractivity contribution is 0.0561. The molecule has 3 aromatic rings. The number of methoxy groups -OCH3 is 2. The standard InChI is InChI=1S/C19H18F2N4O5S/c1-27-15-8-11(9-22-25-17(16(20)21)23-24-19(25)31-3)4-6-13(15)29-10-12-5-7-14(30-12)18(26)28-2/h4-9,16H,10H2,1-3H3. The first kappa shape index (κ1) is 22.3. The summed E-state index contributed by atoms with van der Waals surface area (Å²) >= 11 is 1.15. The maximum Gasteiger partial charge on any atom is 0.373 e. The van der Waals surface area contributed by atoms with Gasteiger partial charge in [0.2, 0.25) is 16.7 Å². The number of ether oxygens (including phenoxy) is 3. The molecular weight excluding hydrogens is 434 g/mol. The summed E-state index contributed by atoms with van der Waals surface area (Å²) in [6.45, 7) is 0.0519. The van der Waals surface area contributed by atoms with Crippen LogP contribution in [0.4, 0.5) is 8.78 Å². The molecule has 164 valence electrons. The van der Waals surface area contributed by atoms with Gasteiger partial charge < -0.3 is 18.6 Å². The number of benzene rings is 1. The van der Waals surface area contributed by atoms with Crippen LogP contribution in [0.15, 0.2) is 45.0 Å². The van der Waals surface area contributed by atoms with E-state index in [0.717, 1.165) is 16.4 Å². The summed E-state index contributed by atoms with van der Waals surface area (Å²) in [5, 5.41) is 11.5. The number of aromatic nitrogens is 3. The van der Waals surface area contributed by atoms with Crippen LogP contribution in [0.1, 0.15) is 34.1 Å². The molecular formula is C19H18F2N4O5S. The number of hydrogen-bond acceptors (Lipinski definition) is 9. The van der Waals surface area contributed by atoms with Crippen LogP contribution in [0, 0.1) is 0 Å². The Balaban J connectivity index is 1.74. The van der Waals surface area contributed by atoms with Crippen LogP contribution >= 0.6 is 11.8 Å². The molecule has 3 rings (SSSR count). The van der Waals surface area contributed by atoms with Crippen LogP contribution in [0.5, 0.6) is 11.5 Å². The van der Waals surface area contributed by atoms with Crippen molar-refractivity contribution in [1.29, 1.82) is 0 Å². The third-order valence-corrected chi connectivity index (χ3v) is 4.56. The zero-order chi connectivity index (χ0) is 22.4. The van der Waals surface area contributed by atoms with Crippen molar-refractivity contribution in [2.75, 3.05) is 20.5 Å². The second kappa shape index (κ2) is 10.1. The Hall–Kier alpha value is -3.41. The topological polar surface area (TPSA) is 101 Å². The van der Waals surface area contributed by atoms with Crippen LogP contribution in [-0.2, 0) is 11.3 Å². The van der Waals surface area contributed by atoms with Gasteiger partial charge in [0, 0.05) is 0 Å². The van der Waals surface area contributed by atoms with Gasteiger partial charge in [0.05, 0.1) is 20.4 Å². The van der Waals surface area contributed by atoms with Gasteiger partial charge in [-0.1, -0.05) is 11.8 Å². The van der Waals surface area contributed by atoms with Crippen molar-refractivity contribution in [2.45, 2.75) is 18.2 Å². The largest absolute Gasteiger partial charge is 0.493 e. The van der Waals surface area contributed by atoms with Gasteiger partial charge in [0.15, 0.2) is 11.5 Å². The number of hydrogen-bond donors (Lipinski definition) is 0. The number of halogens is 2. The van der Waals surface area contributed by atoms with Crippen molar-refractivity contribution < 1.29 is 32.2 Å². The highest BCUT2D eigenvalue weighted by Gasteiger charge is 2.19. The van der Waals surface area contributed by atoms with Gasteiger partial charge in [-0.05, 0) is 42.2 Å². The van der Waals surface area contributed by atoms with E-state index in [1.165, 1.54) is 26.5 Å². The maximum absolute atomic E-state index is 13.1. The fraction of sp³-hybridized carbons (Fsp3) is 0.263. The SMILES string of the molecule is COC(=O)c1ccc(COc2ccc(C=Nn3c(SC)nnc3C(F)F)cc2OC)o1. The Morgan fingerprint density at radius 2 is 2.06 bits per heavy atom. The van der Waals surface area contributed by atoms with Gasteiger partial charge in [0.25, 0.3) is 6.43 Å². The van der Waals surface area contributed by atoms with Crippen molar-refractivity contribution in [3.8, 4) is 11.5 Å². The Morgan fingerprint density at radius 3 is 2.74 bits per heavy atom. The molecule has 0 amide bonds. The van der Waals surface area contributed by atoms with E-state index in [1.807, 2.05) is 0 Å². The molecule has 9 nitrogen and oxygen atoms in total. The molecule has 0 bridgehead atoms. The summed E-state index contributed by atoms with van der Waals surface area (Å²) in [5.74, 6) is 0.174. The highest BCUT2D eigenvalue weighted by molar-refractivity contribution is 7.98. The number of carbonyl (C=O) groups excluding carboxylic acids is 1. The van der Waals surface area contributed by atoms with Crippen molar-refractivity contribution >= 4 is 23.9 Å². The molecule has 0 aliphatic carbocycles. The minimum Gasteiger partial charge on any atom is -0.493 e. The minimum atomic E-state index is -2.81. The predicted molar refractivity (Wildman–Crippen MR) is 107 cm³/mol. The molecule has 0 unspecified atom stereocenters. The normalized spacial score (nSPS) is 11.3. The van der Waals surface area contributed by atoms with E-state index in [-0.39, 0.29) is 17.5 Å². The lowest BCUT2D eigenvalue weighted by Gasteiger charge is -2.10. The Bertz CT molecular complexity index is 1080. The second-order valence-corrected chi connectivity index (χ2v) is 6.63. The first-order valence-corrected chi connectivity index (χ1v) is 9.99. The van der Waals surface area contributed by atoms with Crippen LogP contribution in [0.3, 0.4) is 0 Å². The zero-order valence-corrected chi connectivity index (χ0v) is 17.6. The van der Waals surface area contributed by atoms with Gasteiger partial charge in [-0.2, -0.15) is 9.78 Å². The third kappa shape index (κ3) is 5.20. The van der Waals surface area contributed by atoms with E-state index in [2.05, 4.69) is 20.0 Å². The summed E-state index contributed by atoms with van der Waals surface area (Å²) in [6.07, 6.45) is 0.265. The number of thioether (sulfide) groups is 1. The highest BCUT2D eigenvalue weighted by Crippen LogP contribution is 2.29. The van der Waals surface area contributed by atoms with Crippen molar-refractivity contribution in [1.82, 2.24) is 14.9 Å². The molecule has 0 fully saturated rings. The molecule has 0 spiro atoms. The smallest absolute Gasteiger partial charge is 0.373 e. The van der Waals surface area contributed by atoms with Gasteiger partial charge in [-0.25, -0.2) is 13.6 Å². The van der Waals surface area contributed by atoms with Gasteiger partial charge >= 0.3 is 5.97 Å². The lowest BCUT2D eigenvalue weighted by atomic mass is 10.2. The number of esters is 1. The maximum atomic E-state index is 13.1. The summed E-state index contributed by atoms with van der Waals surface area (Å²) < 4.78 is 48.1. The fourth-order valence-electron chi connectivity index (χ4n) is 2.47.